The minimum Gasteiger partial charge on any atom is -0.496 e. The molecule has 0 aliphatic rings. The molecule has 53 heavy (non-hydrogen) atoms. The molecule has 2 amide bonds. The van der Waals surface area contributed by atoms with E-state index in [0.717, 1.165) is 62.2 Å². The van der Waals surface area contributed by atoms with Crippen LogP contribution in [0.5, 0.6) is 11.5 Å². The van der Waals surface area contributed by atoms with Crippen molar-refractivity contribution in [1.29, 1.82) is 0 Å². The highest BCUT2D eigenvalue weighted by Crippen LogP contribution is 2.38. The zero-order chi connectivity index (χ0) is 39.4. The molecule has 0 bridgehead atoms. The highest BCUT2D eigenvalue weighted by Gasteiger charge is 2.18. The fourth-order valence-corrected chi connectivity index (χ4v) is 8.50. The molecule has 2 N–H and O–H groups in total. The molecule has 286 valence electrons. The number of hydrogen-bond donors (Lipinski definition) is 2. The van der Waals surface area contributed by atoms with E-state index in [4.69, 9.17) is 9.47 Å². The highest BCUT2D eigenvalue weighted by molar-refractivity contribution is 7.99. The molecule has 0 fully saturated rings. The van der Waals surface area contributed by atoms with Crippen LogP contribution in [0.25, 0.3) is 0 Å². The summed E-state index contributed by atoms with van der Waals surface area (Å²) in [6, 6.07) is 19.9. The van der Waals surface area contributed by atoms with Crippen molar-refractivity contribution in [2.24, 2.45) is 0 Å². The van der Waals surface area contributed by atoms with Gasteiger partial charge < -0.3 is 20.1 Å². The quantitative estimate of drug-likeness (QED) is 0.133. The summed E-state index contributed by atoms with van der Waals surface area (Å²) in [6.07, 6.45) is 2.71. The summed E-state index contributed by atoms with van der Waals surface area (Å²) in [5.74, 6) is 2.50. The van der Waals surface area contributed by atoms with Crippen LogP contribution in [-0.2, 0) is 20.4 Å². The smallest absolute Gasteiger partial charge is 0.224 e. The van der Waals surface area contributed by atoms with Crippen molar-refractivity contribution < 1.29 is 23.3 Å². The zero-order valence-electron chi connectivity index (χ0n) is 33.6. The van der Waals surface area contributed by atoms with Gasteiger partial charge in [-0.25, -0.2) is 4.21 Å². The summed E-state index contributed by atoms with van der Waals surface area (Å²) >= 11 is 1.76. The Morgan fingerprint density at radius 1 is 0.660 bits per heavy atom. The van der Waals surface area contributed by atoms with Gasteiger partial charge in [0.25, 0.3) is 0 Å². The van der Waals surface area contributed by atoms with Gasteiger partial charge in [-0.2, -0.15) is 0 Å². The number of ether oxygens (including phenoxy) is 2. The lowest BCUT2D eigenvalue weighted by atomic mass is 10.0. The second-order valence-electron chi connectivity index (χ2n) is 14.0. The van der Waals surface area contributed by atoms with Gasteiger partial charge in [0.1, 0.15) is 11.5 Å². The molecular weight excluding hydrogens is 701 g/mol. The molecule has 0 aromatic heterocycles. The van der Waals surface area contributed by atoms with Crippen LogP contribution in [0.4, 0.5) is 11.4 Å². The minimum absolute atomic E-state index is 0.00176. The fourth-order valence-electron chi connectivity index (χ4n) is 6.14. The third kappa shape index (κ3) is 12.0. The Hall–Kier alpha value is -4.08. The number of rotatable bonds is 14. The Labute approximate surface area is 324 Å². The van der Waals surface area contributed by atoms with Crippen LogP contribution in [0.3, 0.4) is 0 Å². The minimum atomic E-state index is -1.30. The molecule has 1 atom stereocenters. The van der Waals surface area contributed by atoms with Crippen LogP contribution in [-0.4, -0.2) is 30.2 Å². The van der Waals surface area contributed by atoms with Gasteiger partial charge in [0, 0.05) is 43.8 Å². The van der Waals surface area contributed by atoms with Gasteiger partial charge in [-0.05, 0) is 146 Å². The molecule has 4 rings (SSSR count). The molecule has 1 unspecified atom stereocenters. The summed E-state index contributed by atoms with van der Waals surface area (Å²) in [7, 11) is 2.07. The highest BCUT2D eigenvalue weighted by atomic mass is 32.2. The third-order valence-electron chi connectivity index (χ3n) is 8.71. The van der Waals surface area contributed by atoms with E-state index in [0.29, 0.717) is 18.8 Å². The molecule has 0 aliphatic heterocycles. The molecule has 4 aromatic rings. The van der Waals surface area contributed by atoms with E-state index in [1.807, 2.05) is 64.1 Å². The monoisotopic (exact) mass is 758 g/mol. The normalized spacial score (nSPS) is 11.5. The topological polar surface area (TPSA) is 93.7 Å². The van der Waals surface area contributed by atoms with Gasteiger partial charge in [0.2, 0.25) is 11.8 Å². The molecule has 0 spiro atoms. The lowest BCUT2D eigenvalue weighted by Gasteiger charge is -2.16. The van der Waals surface area contributed by atoms with Crippen molar-refractivity contribution in [3.8, 4) is 11.5 Å². The van der Waals surface area contributed by atoms with Crippen LogP contribution in [0, 0.1) is 27.7 Å². The van der Waals surface area contributed by atoms with Crippen LogP contribution < -0.4 is 20.1 Å². The molecule has 7 nitrogen and oxygen atoms in total. The maximum Gasteiger partial charge on any atom is 0.224 e. The van der Waals surface area contributed by atoms with Gasteiger partial charge in [0.05, 0.1) is 25.0 Å². The number of benzene rings is 4. The number of carbonyl (C=O) groups excluding carboxylic acids is 2. The van der Waals surface area contributed by atoms with Gasteiger partial charge >= 0.3 is 0 Å². The van der Waals surface area contributed by atoms with Crippen LogP contribution in [0.1, 0.15) is 112 Å². The average molecular weight is 759 g/mol. The number of methoxy groups -OCH3 is 2. The largest absolute Gasteiger partial charge is 0.496 e. The lowest BCUT2D eigenvalue weighted by Crippen LogP contribution is -2.11. The Kier molecular flexibility index (Phi) is 16.7. The standard InChI is InChI=1S/C22H29NO3S.C22H29NO2S/c1-7-8-21(24)23-17-11-15(4)22(16(5)12-17)27(25)18-9-10-20(26-6)19(13-18)14(2)3;1-7-8-21(24)23-17-11-15(4)22(16(5)12-17)26-18-9-10-20(25-6)19(13-18)14(2)3/h9-14H,7-8H2,1-6H3,(H,23,24);9-14H,7-8H2,1-6H3,(H,23,24). The van der Waals surface area contributed by atoms with Crippen LogP contribution in [0.15, 0.2) is 80.2 Å². The van der Waals surface area contributed by atoms with Gasteiger partial charge in [-0.15, -0.1) is 0 Å². The van der Waals surface area contributed by atoms with E-state index in [2.05, 4.69) is 76.4 Å². The first kappa shape index (κ1) is 43.3. The number of anilines is 2. The van der Waals surface area contributed by atoms with Crippen molar-refractivity contribution in [2.75, 3.05) is 24.9 Å². The van der Waals surface area contributed by atoms with Gasteiger partial charge in [-0.3, -0.25) is 9.59 Å². The van der Waals surface area contributed by atoms with E-state index < -0.39 is 10.8 Å². The number of amides is 2. The van der Waals surface area contributed by atoms with Crippen LogP contribution >= 0.6 is 11.8 Å². The van der Waals surface area contributed by atoms with Gasteiger partial charge in [-0.1, -0.05) is 53.3 Å². The maximum atomic E-state index is 13.3. The Balaban J connectivity index is 0.000000286. The summed E-state index contributed by atoms with van der Waals surface area (Å²) in [5, 5.41) is 5.91. The van der Waals surface area contributed by atoms with Crippen LogP contribution in [0.2, 0.25) is 0 Å². The Morgan fingerprint density at radius 3 is 1.53 bits per heavy atom. The summed E-state index contributed by atoms with van der Waals surface area (Å²) < 4.78 is 24.2. The lowest BCUT2D eigenvalue weighted by molar-refractivity contribution is -0.117. The van der Waals surface area contributed by atoms with Crippen molar-refractivity contribution in [1.82, 2.24) is 0 Å². The predicted octanol–water partition coefficient (Wildman–Crippen LogP) is 11.7. The van der Waals surface area contributed by atoms with Crippen molar-refractivity contribution in [3.05, 3.63) is 94.0 Å². The number of aryl methyl sites for hydroxylation is 4. The van der Waals surface area contributed by atoms with E-state index in [9.17, 15) is 13.8 Å². The molecule has 0 saturated carbocycles. The molecular formula is C44H58N2O5S2. The third-order valence-corrected chi connectivity index (χ3v) is 11.7. The Morgan fingerprint density at radius 2 is 1.09 bits per heavy atom. The first-order valence-electron chi connectivity index (χ1n) is 18.4. The van der Waals surface area contributed by atoms with E-state index in [1.54, 1.807) is 26.0 Å². The second kappa shape index (κ2) is 20.4. The van der Waals surface area contributed by atoms with E-state index in [-0.39, 0.29) is 17.7 Å². The molecule has 0 saturated heterocycles. The first-order chi connectivity index (χ1) is 25.1. The first-order valence-corrected chi connectivity index (χ1v) is 20.4. The molecule has 0 radical (unpaired) electrons. The van der Waals surface area contributed by atoms with E-state index in [1.165, 1.54) is 26.5 Å². The number of hydrogen-bond acceptors (Lipinski definition) is 6. The maximum absolute atomic E-state index is 13.3. The SMILES string of the molecule is CCCC(=O)Nc1cc(C)c(S(=O)c2ccc(OC)c(C(C)C)c2)c(C)c1.CCCC(=O)Nc1cc(C)c(Sc2ccc(OC)c(C(C)C)c2)c(C)c1. The van der Waals surface area contributed by atoms with Crippen molar-refractivity contribution >= 4 is 45.8 Å². The molecule has 0 aliphatic carbocycles. The summed E-state index contributed by atoms with van der Waals surface area (Å²) in [5.41, 5.74) is 8.04. The van der Waals surface area contributed by atoms with Gasteiger partial charge in [0.15, 0.2) is 0 Å². The molecule has 9 heteroatoms. The summed E-state index contributed by atoms with van der Waals surface area (Å²) in [6.45, 7) is 20.6. The second-order valence-corrected chi connectivity index (χ2v) is 16.5. The van der Waals surface area contributed by atoms with E-state index >= 15 is 0 Å². The van der Waals surface area contributed by atoms with Crippen molar-refractivity contribution in [3.63, 3.8) is 0 Å². The Bertz CT molecular complexity index is 1870. The molecule has 0 heterocycles. The number of carbonyl (C=O) groups is 2. The number of nitrogens with one attached hydrogen (secondary N) is 2. The van der Waals surface area contributed by atoms with Crippen molar-refractivity contribution in [2.45, 2.75) is 126 Å². The average Bonchev–Trinajstić information content (AvgIpc) is 3.09. The molecule has 4 aromatic carbocycles. The summed E-state index contributed by atoms with van der Waals surface area (Å²) in [4.78, 5) is 27.7. The fraction of sp³-hybridized carbons (Fsp3) is 0.409. The predicted molar refractivity (Wildman–Crippen MR) is 222 cm³/mol. The zero-order valence-corrected chi connectivity index (χ0v) is 35.2.